The van der Waals surface area contributed by atoms with Crippen LogP contribution in [0, 0.1) is 11.8 Å². The molecule has 88 valence electrons. The number of anilines is 1. The highest BCUT2D eigenvalue weighted by molar-refractivity contribution is 9.10. The Hall–Kier alpha value is -0.640. The van der Waals surface area contributed by atoms with E-state index in [0.29, 0.717) is 0 Å². The van der Waals surface area contributed by atoms with Gasteiger partial charge in [-0.15, -0.1) is 0 Å². The minimum absolute atomic E-state index is 0.803. The number of nitrogens with one attached hydrogen (secondary N) is 1. The highest BCUT2D eigenvalue weighted by Crippen LogP contribution is 2.28. The second kappa shape index (κ2) is 5.62. The summed E-state index contributed by atoms with van der Waals surface area (Å²) in [5.74, 6) is 2.61. The van der Waals surface area contributed by atoms with Crippen LogP contribution in [0.15, 0.2) is 17.0 Å². The van der Waals surface area contributed by atoms with E-state index in [4.69, 9.17) is 0 Å². The minimum Gasteiger partial charge on any atom is -0.370 e. The number of hydrogen-bond acceptors (Lipinski definition) is 3. The highest BCUT2D eigenvalue weighted by atomic mass is 79.9. The highest BCUT2D eigenvalue weighted by Gasteiger charge is 2.18. The molecular weight excluding hydrogens is 266 g/mol. The van der Waals surface area contributed by atoms with Crippen LogP contribution in [0.1, 0.15) is 32.6 Å². The van der Waals surface area contributed by atoms with Crippen molar-refractivity contribution in [2.75, 3.05) is 11.9 Å². The molecule has 0 saturated heterocycles. The summed E-state index contributed by atoms with van der Waals surface area (Å²) >= 11 is 3.35. The van der Waals surface area contributed by atoms with Crippen molar-refractivity contribution in [3.05, 3.63) is 17.0 Å². The molecule has 0 bridgehead atoms. The fraction of sp³-hybridized carbons (Fsp3) is 0.667. The molecule has 0 aromatic carbocycles. The van der Waals surface area contributed by atoms with Crippen molar-refractivity contribution in [3.63, 3.8) is 0 Å². The van der Waals surface area contributed by atoms with E-state index >= 15 is 0 Å². The van der Waals surface area contributed by atoms with Gasteiger partial charge in [0.05, 0.1) is 0 Å². The van der Waals surface area contributed by atoms with Gasteiger partial charge in [-0.3, -0.25) is 0 Å². The van der Waals surface area contributed by atoms with Crippen molar-refractivity contribution in [1.82, 2.24) is 9.97 Å². The molecule has 1 aromatic rings. The predicted octanol–water partition coefficient (Wildman–Crippen LogP) is 3.48. The molecule has 1 heterocycles. The summed E-state index contributed by atoms with van der Waals surface area (Å²) in [4.78, 5) is 8.20. The number of hydrogen-bond donors (Lipinski definition) is 1. The van der Waals surface area contributed by atoms with E-state index < -0.39 is 0 Å². The Balaban J connectivity index is 1.82. The molecule has 2 unspecified atom stereocenters. The first-order valence-corrected chi connectivity index (χ1v) is 6.75. The second-order valence-corrected chi connectivity index (χ2v) is 5.56. The van der Waals surface area contributed by atoms with Crippen LogP contribution in [0.5, 0.6) is 0 Å². The van der Waals surface area contributed by atoms with Crippen LogP contribution in [-0.2, 0) is 0 Å². The van der Waals surface area contributed by atoms with Crippen molar-refractivity contribution in [2.24, 2.45) is 11.8 Å². The molecule has 2 rings (SSSR count). The second-order valence-electron chi connectivity index (χ2n) is 4.74. The van der Waals surface area contributed by atoms with Gasteiger partial charge in [-0.05, 0) is 40.6 Å². The summed E-state index contributed by atoms with van der Waals surface area (Å²) in [6, 6.07) is 1.92. The zero-order valence-corrected chi connectivity index (χ0v) is 11.2. The molecule has 0 radical (unpaired) electrons. The first kappa shape index (κ1) is 11.8. The van der Waals surface area contributed by atoms with Gasteiger partial charge in [-0.25, -0.2) is 9.97 Å². The third-order valence-electron chi connectivity index (χ3n) is 3.25. The molecule has 0 amide bonds. The standard InChI is InChI=1S/C12H18BrN3/c1-9-3-2-4-10(5-9)7-14-12-6-11(13)15-8-16-12/h6,8-10H,2-5,7H2,1H3,(H,14,15,16). The van der Waals surface area contributed by atoms with Gasteiger partial charge in [-0.1, -0.05) is 19.8 Å². The smallest absolute Gasteiger partial charge is 0.130 e. The fourth-order valence-corrected chi connectivity index (χ4v) is 2.73. The van der Waals surface area contributed by atoms with Crippen molar-refractivity contribution >= 4 is 21.7 Å². The Bertz CT molecular complexity index is 343. The van der Waals surface area contributed by atoms with Crippen LogP contribution in [0.2, 0.25) is 0 Å². The van der Waals surface area contributed by atoms with Crippen molar-refractivity contribution in [2.45, 2.75) is 32.6 Å². The van der Waals surface area contributed by atoms with E-state index in [1.807, 2.05) is 6.07 Å². The van der Waals surface area contributed by atoms with E-state index in [1.54, 1.807) is 6.33 Å². The topological polar surface area (TPSA) is 37.8 Å². The Kier molecular flexibility index (Phi) is 4.16. The average Bonchev–Trinajstić information content (AvgIpc) is 2.27. The number of halogens is 1. The Morgan fingerprint density at radius 2 is 2.31 bits per heavy atom. The monoisotopic (exact) mass is 283 g/mol. The Morgan fingerprint density at radius 3 is 3.06 bits per heavy atom. The molecule has 2 atom stereocenters. The van der Waals surface area contributed by atoms with Crippen LogP contribution >= 0.6 is 15.9 Å². The summed E-state index contributed by atoms with van der Waals surface area (Å²) in [6.07, 6.45) is 7.05. The van der Waals surface area contributed by atoms with Gasteiger partial charge in [0.1, 0.15) is 16.7 Å². The van der Waals surface area contributed by atoms with Gasteiger partial charge < -0.3 is 5.32 Å². The SMILES string of the molecule is CC1CCCC(CNc2cc(Br)ncn2)C1. The molecule has 1 N–H and O–H groups in total. The van der Waals surface area contributed by atoms with E-state index in [1.165, 1.54) is 25.7 Å². The lowest BCUT2D eigenvalue weighted by atomic mass is 9.82. The first-order valence-electron chi connectivity index (χ1n) is 5.95. The van der Waals surface area contributed by atoms with Gasteiger partial charge in [0.2, 0.25) is 0 Å². The number of rotatable bonds is 3. The van der Waals surface area contributed by atoms with Crippen molar-refractivity contribution in [1.29, 1.82) is 0 Å². The van der Waals surface area contributed by atoms with Crippen molar-refractivity contribution < 1.29 is 0 Å². The summed E-state index contributed by atoms with van der Waals surface area (Å²) in [6.45, 7) is 3.39. The quantitative estimate of drug-likeness (QED) is 0.863. The van der Waals surface area contributed by atoms with Gasteiger partial charge in [0.25, 0.3) is 0 Å². The average molecular weight is 284 g/mol. The summed E-state index contributed by atoms with van der Waals surface area (Å²) in [7, 11) is 0. The summed E-state index contributed by atoms with van der Waals surface area (Å²) in [5.41, 5.74) is 0. The summed E-state index contributed by atoms with van der Waals surface area (Å²) in [5, 5.41) is 3.39. The van der Waals surface area contributed by atoms with Crippen molar-refractivity contribution in [3.8, 4) is 0 Å². The molecule has 1 fully saturated rings. The zero-order chi connectivity index (χ0) is 11.4. The maximum atomic E-state index is 4.19. The molecule has 3 nitrogen and oxygen atoms in total. The largest absolute Gasteiger partial charge is 0.370 e. The third kappa shape index (κ3) is 3.44. The summed E-state index contributed by atoms with van der Waals surface area (Å²) < 4.78 is 0.835. The lowest BCUT2D eigenvalue weighted by Gasteiger charge is -2.26. The number of nitrogens with zero attached hydrogens (tertiary/aromatic N) is 2. The van der Waals surface area contributed by atoms with Gasteiger partial charge in [0, 0.05) is 12.6 Å². The Morgan fingerprint density at radius 1 is 1.44 bits per heavy atom. The van der Waals surface area contributed by atoms with Gasteiger partial charge in [-0.2, -0.15) is 0 Å². The molecule has 0 aliphatic heterocycles. The molecule has 1 aliphatic carbocycles. The van der Waals surface area contributed by atoms with Crippen LogP contribution in [0.4, 0.5) is 5.82 Å². The third-order valence-corrected chi connectivity index (χ3v) is 3.68. The van der Waals surface area contributed by atoms with Crippen LogP contribution in [0.3, 0.4) is 0 Å². The Labute approximate surface area is 105 Å². The first-order chi connectivity index (χ1) is 7.74. The van der Waals surface area contributed by atoms with E-state index in [9.17, 15) is 0 Å². The molecule has 4 heteroatoms. The molecule has 1 aliphatic rings. The minimum atomic E-state index is 0.803. The normalized spacial score (nSPS) is 25.4. The molecule has 16 heavy (non-hydrogen) atoms. The predicted molar refractivity (Wildman–Crippen MR) is 69.3 cm³/mol. The van der Waals surface area contributed by atoms with Crippen LogP contribution in [-0.4, -0.2) is 16.5 Å². The maximum absolute atomic E-state index is 4.19. The van der Waals surface area contributed by atoms with E-state index in [-0.39, 0.29) is 0 Å². The molecule has 1 saturated carbocycles. The maximum Gasteiger partial charge on any atom is 0.130 e. The lowest BCUT2D eigenvalue weighted by molar-refractivity contribution is 0.293. The molecule has 1 aromatic heterocycles. The molecule has 0 spiro atoms. The number of aromatic nitrogens is 2. The van der Waals surface area contributed by atoms with E-state index in [0.717, 1.165) is 28.8 Å². The van der Waals surface area contributed by atoms with Crippen LogP contribution < -0.4 is 5.32 Å². The zero-order valence-electron chi connectivity index (χ0n) is 9.62. The van der Waals surface area contributed by atoms with E-state index in [2.05, 4.69) is 38.1 Å². The van der Waals surface area contributed by atoms with Gasteiger partial charge in [0.15, 0.2) is 0 Å². The molecular formula is C12H18BrN3. The fourth-order valence-electron chi connectivity index (χ4n) is 2.42. The van der Waals surface area contributed by atoms with Crippen LogP contribution in [0.25, 0.3) is 0 Å². The van der Waals surface area contributed by atoms with Gasteiger partial charge >= 0.3 is 0 Å². The lowest BCUT2D eigenvalue weighted by Crippen LogP contribution is -2.21.